The van der Waals surface area contributed by atoms with E-state index in [1.54, 1.807) is 12.1 Å². The van der Waals surface area contributed by atoms with Gasteiger partial charge >= 0.3 is 5.97 Å². The maximum Gasteiger partial charge on any atom is 0.303 e. The quantitative estimate of drug-likeness (QED) is 0.580. The molecule has 0 aliphatic heterocycles. The Balaban J connectivity index is 1.82. The summed E-state index contributed by atoms with van der Waals surface area (Å²) < 4.78 is 0. The van der Waals surface area contributed by atoms with Crippen LogP contribution in [0.5, 0.6) is 0 Å². The van der Waals surface area contributed by atoms with E-state index in [1.165, 1.54) is 0 Å². The summed E-state index contributed by atoms with van der Waals surface area (Å²) in [5.74, 6) is -0.814. The first-order chi connectivity index (χ1) is 13.1. The third-order valence-corrected chi connectivity index (χ3v) is 4.32. The van der Waals surface area contributed by atoms with E-state index in [-0.39, 0.29) is 12.2 Å². The van der Waals surface area contributed by atoms with Crippen LogP contribution in [-0.4, -0.2) is 23.4 Å². The molecule has 4 heteroatoms. The second-order valence-corrected chi connectivity index (χ2v) is 6.23. The monoisotopic (exact) mass is 359 g/mol. The SMILES string of the molecule is O=C(O)CCCN(c1ccccc1)c1ccc(C(=O)c2ccccc2)cc1. The van der Waals surface area contributed by atoms with Gasteiger partial charge in [0.05, 0.1) is 0 Å². The minimum Gasteiger partial charge on any atom is -0.481 e. The van der Waals surface area contributed by atoms with E-state index >= 15 is 0 Å². The Morgan fingerprint density at radius 3 is 1.81 bits per heavy atom. The van der Waals surface area contributed by atoms with Crippen LogP contribution in [0.2, 0.25) is 0 Å². The molecular weight excluding hydrogens is 338 g/mol. The largest absolute Gasteiger partial charge is 0.481 e. The van der Waals surface area contributed by atoms with E-state index < -0.39 is 5.97 Å². The fraction of sp³-hybridized carbons (Fsp3) is 0.130. The molecule has 0 atom stereocenters. The van der Waals surface area contributed by atoms with Crippen molar-refractivity contribution in [3.05, 3.63) is 96.1 Å². The summed E-state index contributed by atoms with van der Waals surface area (Å²) >= 11 is 0. The minimum absolute atomic E-state index is 0.0145. The lowest BCUT2D eigenvalue weighted by Crippen LogP contribution is -2.19. The Kier molecular flexibility index (Phi) is 6.00. The number of anilines is 2. The number of ketones is 1. The summed E-state index contributed by atoms with van der Waals surface area (Å²) in [5.41, 5.74) is 3.20. The normalized spacial score (nSPS) is 10.4. The Morgan fingerprint density at radius 1 is 0.704 bits per heavy atom. The van der Waals surface area contributed by atoms with Crippen LogP contribution in [0.15, 0.2) is 84.9 Å². The summed E-state index contributed by atoms with van der Waals surface area (Å²) in [6.07, 6.45) is 0.656. The highest BCUT2D eigenvalue weighted by molar-refractivity contribution is 6.09. The van der Waals surface area contributed by atoms with Crippen molar-refractivity contribution in [2.24, 2.45) is 0 Å². The molecule has 0 spiro atoms. The first kappa shape index (κ1) is 18.4. The molecule has 27 heavy (non-hydrogen) atoms. The molecule has 3 aromatic carbocycles. The third kappa shape index (κ3) is 4.82. The van der Waals surface area contributed by atoms with Crippen LogP contribution in [0.4, 0.5) is 11.4 Å². The van der Waals surface area contributed by atoms with Crippen molar-refractivity contribution in [1.82, 2.24) is 0 Å². The number of rotatable bonds is 8. The first-order valence-electron chi connectivity index (χ1n) is 8.89. The van der Waals surface area contributed by atoms with Gasteiger partial charge in [0, 0.05) is 35.5 Å². The van der Waals surface area contributed by atoms with Gasteiger partial charge in [0.1, 0.15) is 0 Å². The maximum atomic E-state index is 12.6. The Hall–Kier alpha value is -3.40. The number of hydrogen-bond acceptors (Lipinski definition) is 3. The van der Waals surface area contributed by atoms with Crippen molar-refractivity contribution in [1.29, 1.82) is 0 Å². The second-order valence-electron chi connectivity index (χ2n) is 6.23. The highest BCUT2D eigenvalue weighted by Gasteiger charge is 2.12. The summed E-state index contributed by atoms with van der Waals surface area (Å²) in [6, 6.07) is 26.5. The molecule has 0 aliphatic carbocycles. The topological polar surface area (TPSA) is 57.6 Å². The fourth-order valence-electron chi connectivity index (χ4n) is 2.95. The van der Waals surface area contributed by atoms with Crippen LogP contribution >= 0.6 is 0 Å². The van der Waals surface area contributed by atoms with Crippen LogP contribution in [-0.2, 0) is 4.79 Å². The molecule has 0 saturated carbocycles. The molecule has 3 rings (SSSR count). The van der Waals surface area contributed by atoms with Gasteiger partial charge in [0.2, 0.25) is 0 Å². The molecule has 0 unspecified atom stereocenters. The van der Waals surface area contributed by atoms with E-state index in [4.69, 9.17) is 5.11 Å². The van der Waals surface area contributed by atoms with Gasteiger partial charge in [-0.25, -0.2) is 0 Å². The second kappa shape index (κ2) is 8.81. The van der Waals surface area contributed by atoms with Crippen molar-refractivity contribution >= 4 is 23.1 Å². The van der Waals surface area contributed by atoms with Crippen molar-refractivity contribution in [2.75, 3.05) is 11.4 Å². The standard InChI is InChI=1S/C23H21NO3/c25-22(26)12-7-17-24(20-10-5-2-6-11-20)21-15-13-19(14-16-21)23(27)18-8-3-1-4-9-18/h1-6,8-11,13-16H,7,12,17H2,(H,25,26). The fourth-order valence-corrected chi connectivity index (χ4v) is 2.95. The van der Waals surface area contributed by atoms with Gasteiger partial charge in [-0.1, -0.05) is 48.5 Å². The summed E-state index contributed by atoms with van der Waals surface area (Å²) in [4.78, 5) is 25.5. The molecule has 0 aliphatic rings. The maximum absolute atomic E-state index is 12.6. The third-order valence-electron chi connectivity index (χ3n) is 4.32. The Labute approximate surface area is 158 Å². The molecule has 0 bridgehead atoms. The van der Waals surface area contributed by atoms with E-state index in [9.17, 15) is 9.59 Å². The molecule has 0 heterocycles. The summed E-state index contributed by atoms with van der Waals surface area (Å²) in [7, 11) is 0. The smallest absolute Gasteiger partial charge is 0.303 e. The number of para-hydroxylation sites is 1. The van der Waals surface area contributed by atoms with Crippen LogP contribution in [0.25, 0.3) is 0 Å². The predicted molar refractivity (Wildman–Crippen MR) is 107 cm³/mol. The number of carboxylic acids is 1. The Bertz CT molecular complexity index is 890. The molecule has 136 valence electrons. The van der Waals surface area contributed by atoms with Gasteiger partial charge in [-0.3, -0.25) is 9.59 Å². The molecule has 0 amide bonds. The van der Waals surface area contributed by atoms with Crippen molar-refractivity contribution in [3.63, 3.8) is 0 Å². The van der Waals surface area contributed by atoms with Crippen LogP contribution in [0.3, 0.4) is 0 Å². The van der Waals surface area contributed by atoms with Gasteiger partial charge in [-0.15, -0.1) is 0 Å². The van der Waals surface area contributed by atoms with Crippen LogP contribution in [0, 0.1) is 0 Å². The summed E-state index contributed by atoms with van der Waals surface area (Å²) in [6.45, 7) is 0.586. The average molecular weight is 359 g/mol. The van der Waals surface area contributed by atoms with E-state index in [2.05, 4.69) is 4.90 Å². The van der Waals surface area contributed by atoms with Crippen molar-refractivity contribution in [3.8, 4) is 0 Å². The van der Waals surface area contributed by atoms with E-state index in [1.807, 2.05) is 72.8 Å². The zero-order valence-electron chi connectivity index (χ0n) is 14.9. The van der Waals surface area contributed by atoms with Gasteiger partial charge < -0.3 is 10.0 Å². The molecular formula is C23H21NO3. The highest BCUT2D eigenvalue weighted by Crippen LogP contribution is 2.26. The Morgan fingerprint density at radius 2 is 1.22 bits per heavy atom. The molecule has 1 N–H and O–H groups in total. The number of aliphatic carboxylic acids is 1. The van der Waals surface area contributed by atoms with Crippen LogP contribution in [0.1, 0.15) is 28.8 Å². The predicted octanol–water partition coefficient (Wildman–Crippen LogP) is 4.92. The zero-order valence-corrected chi connectivity index (χ0v) is 14.9. The van der Waals surface area contributed by atoms with E-state index in [0.717, 1.165) is 11.4 Å². The average Bonchev–Trinajstić information content (AvgIpc) is 2.72. The number of carbonyl (C=O) groups is 2. The van der Waals surface area contributed by atoms with Crippen molar-refractivity contribution in [2.45, 2.75) is 12.8 Å². The van der Waals surface area contributed by atoms with Crippen molar-refractivity contribution < 1.29 is 14.7 Å². The lowest BCUT2D eigenvalue weighted by molar-refractivity contribution is -0.137. The first-order valence-corrected chi connectivity index (χ1v) is 8.89. The number of carboxylic acid groups (broad SMARTS) is 1. The zero-order chi connectivity index (χ0) is 19.1. The molecule has 0 fully saturated rings. The summed E-state index contributed by atoms with van der Waals surface area (Å²) in [5, 5.41) is 8.92. The van der Waals surface area contributed by atoms with Gasteiger partial charge in [0.15, 0.2) is 5.78 Å². The number of hydrogen-bond donors (Lipinski definition) is 1. The molecule has 4 nitrogen and oxygen atoms in total. The molecule has 0 aromatic heterocycles. The number of benzene rings is 3. The molecule has 0 radical (unpaired) electrons. The van der Waals surface area contributed by atoms with Crippen LogP contribution < -0.4 is 4.90 Å². The number of nitrogens with zero attached hydrogens (tertiary/aromatic N) is 1. The number of carbonyl (C=O) groups excluding carboxylic acids is 1. The molecule has 0 saturated heterocycles. The lowest BCUT2D eigenvalue weighted by atomic mass is 10.0. The van der Waals surface area contributed by atoms with Gasteiger partial charge in [-0.2, -0.15) is 0 Å². The highest BCUT2D eigenvalue weighted by atomic mass is 16.4. The van der Waals surface area contributed by atoms with Gasteiger partial charge in [0.25, 0.3) is 0 Å². The molecule has 3 aromatic rings. The van der Waals surface area contributed by atoms with Gasteiger partial charge in [-0.05, 0) is 42.8 Å². The van der Waals surface area contributed by atoms with E-state index in [0.29, 0.717) is 24.1 Å². The minimum atomic E-state index is -0.799. The lowest BCUT2D eigenvalue weighted by Gasteiger charge is -2.25.